The Kier molecular flexibility index (Phi) is 7.98. The minimum atomic E-state index is 0.0186. The van der Waals surface area contributed by atoms with Gasteiger partial charge in [-0.2, -0.15) is 0 Å². The summed E-state index contributed by atoms with van der Waals surface area (Å²) in [5.74, 6) is 2.99. The number of hydrogen-bond donors (Lipinski definition) is 0. The third-order valence-electron chi connectivity index (χ3n) is 6.05. The molecule has 35 heavy (non-hydrogen) atoms. The van der Waals surface area contributed by atoms with E-state index in [4.69, 9.17) is 18.9 Å². The van der Waals surface area contributed by atoms with E-state index in [1.165, 1.54) is 0 Å². The van der Waals surface area contributed by atoms with Crippen LogP contribution in [0.2, 0.25) is 0 Å². The second-order valence-corrected chi connectivity index (χ2v) is 8.20. The molecular weight excluding hydrogens is 444 g/mol. The van der Waals surface area contributed by atoms with Crippen LogP contribution in [0.15, 0.2) is 66.7 Å². The van der Waals surface area contributed by atoms with E-state index in [0.717, 1.165) is 41.6 Å². The van der Waals surface area contributed by atoms with Gasteiger partial charge in [0.05, 0.1) is 20.8 Å². The van der Waals surface area contributed by atoms with Crippen molar-refractivity contribution in [2.75, 3.05) is 51.9 Å². The highest BCUT2D eigenvalue weighted by atomic mass is 16.5. The van der Waals surface area contributed by atoms with Gasteiger partial charge in [-0.3, -0.25) is 4.79 Å². The molecule has 0 saturated carbocycles. The number of piperazine rings is 1. The predicted octanol–water partition coefficient (Wildman–Crippen LogP) is 4.64. The normalized spacial score (nSPS) is 13.3. The Labute approximate surface area is 206 Å². The molecule has 4 rings (SSSR count). The van der Waals surface area contributed by atoms with E-state index in [1.807, 2.05) is 66.4 Å². The smallest absolute Gasteiger partial charge is 0.253 e. The van der Waals surface area contributed by atoms with E-state index >= 15 is 0 Å². The van der Waals surface area contributed by atoms with Crippen LogP contribution >= 0.6 is 0 Å². The fourth-order valence-corrected chi connectivity index (χ4v) is 4.12. The van der Waals surface area contributed by atoms with Crippen LogP contribution in [0, 0.1) is 0 Å². The van der Waals surface area contributed by atoms with Crippen LogP contribution in [-0.2, 0) is 6.61 Å². The van der Waals surface area contributed by atoms with Crippen LogP contribution in [0.25, 0.3) is 0 Å². The van der Waals surface area contributed by atoms with Gasteiger partial charge in [-0.25, -0.2) is 0 Å². The fourth-order valence-electron chi connectivity index (χ4n) is 4.12. The summed E-state index contributed by atoms with van der Waals surface area (Å²) in [7, 11) is 3.29. The number of benzene rings is 3. The summed E-state index contributed by atoms with van der Waals surface area (Å²) in [6, 6.07) is 21.0. The summed E-state index contributed by atoms with van der Waals surface area (Å²) >= 11 is 0. The number of nitrogens with zero attached hydrogens (tertiary/aromatic N) is 2. The molecule has 1 amide bonds. The second-order valence-electron chi connectivity index (χ2n) is 8.20. The zero-order valence-corrected chi connectivity index (χ0v) is 20.5. The van der Waals surface area contributed by atoms with Crippen molar-refractivity contribution in [3.63, 3.8) is 0 Å². The standard InChI is InChI=1S/C28H32N2O5/c1-4-34-27-13-8-21(18-22(27)20-35-26-7-5-6-25(19-26)33-3)28(31)30-16-14-29(15-17-30)23-9-11-24(32-2)12-10-23/h5-13,18-19H,4,14-17,20H2,1-3H3. The van der Waals surface area contributed by atoms with Gasteiger partial charge in [0.25, 0.3) is 5.91 Å². The zero-order chi connectivity index (χ0) is 24.6. The number of carbonyl (C=O) groups excluding carboxylic acids is 1. The Bertz CT molecular complexity index is 1120. The van der Waals surface area contributed by atoms with E-state index in [2.05, 4.69) is 17.0 Å². The van der Waals surface area contributed by atoms with Crippen molar-refractivity contribution in [3.05, 3.63) is 77.9 Å². The van der Waals surface area contributed by atoms with Gasteiger partial charge in [-0.05, 0) is 61.5 Å². The summed E-state index contributed by atoms with van der Waals surface area (Å²) in [5.41, 5.74) is 2.60. The SMILES string of the molecule is CCOc1ccc(C(=O)N2CCN(c3ccc(OC)cc3)CC2)cc1COc1cccc(OC)c1. The quantitative estimate of drug-likeness (QED) is 0.448. The first-order chi connectivity index (χ1) is 17.1. The molecule has 3 aromatic carbocycles. The summed E-state index contributed by atoms with van der Waals surface area (Å²) in [4.78, 5) is 17.5. The number of carbonyl (C=O) groups is 1. The van der Waals surface area contributed by atoms with Crippen molar-refractivity contribution in [3.8, 4) is 23.0 Å². The summed E-state index contributed by atoms with van der Waals surface area (Å²) in [5, 5.41) is 0. The molecule has 7 heteroatoms. The Morgan fingerprint density at radius 1 is 0.800 bits per heavy atom. The molecule has 0 atom stereocenters. The van der Waals surface area contributed by atoms with E-state index < -0.39 is 0 Å². The lowest BCUT2D eigenvalue weighted by Crippen LogP contribution is -2.48. The number of amides is 1. The monoisotopic (exact) mass is 476 g/mol. The third-order valence-corrected chi connectivity index (χ3v) is 6.05. The van der Waals surface area contributed by atoms with E-state index in [9.17, 15) is 4.79 Å². The summed E-state index contributed by atoms with van der Waals surface area (Å²) in [6.07, 6.45) is 0. The minimum Gasteiger partial charge on any atom is -0.497 e. The maximum atomic E-state index is 13.3. The van der Waals surface area contributed by atoms with Crippen molar-refractivity contribution in [1.82, 2.24) is 4.90 Å². The number of methoxy groups -OCH3 is 2. The number of anilines is 1. The highest BCUT2D eigenvalue weighted by Gasteiger charge is 2.23. The molecule has 1 heterocycles. The molecule has 0 radical (unpaired) electrons. The van der Waals surface area contributed by atoms with E-state index in [-0.39, 0.29) is 12.5 Å². The molecule has 0 spiro atoms. The highest BCUT2D eigenvalue weighted by Crippen LogP contribution is 2.26. The van der Waals surface area contributed by atoms with Crippen molar-refractivity contribution < 1.29 is 23.7 Å². The van der Waals surface area contributed by atoms with Crippen LogP contribution in [0.1, 0.15) is 22.8 Å². The highest BCUT2D eigenvalue weighted by molar-refractivity contribution is 5.94. The van der Waals surface area contributed by atoms with Gasteiger partial charge in [0.2, 0.25) is 0 Å². The topological polar surface area (TPSA) is 60.5 Å². The van der Waals surface area contributed by atoms with Crippen LogP contribution in [0.4, 0.5) is 5.69 Å². The second kappa shape index (κ2) is 11.5. The van der Waals surface area contributed by atoms with Crippen molar-refractivity contribution in [2.45, 2.75) is 13.5 Å². The molecule has 1 saturated heterocycles. The lowest BCUT2D eigenvalue weighted by molar-refractivity contribution is 0.0746. The fraction of sp³-hybridized carbons (Fsp3) is 0.321. The largest absolute Gasteiger partial charge is 0.497 e. The van der Waals surface area contributed by atoms with Gasteiger partial charge in [-0.15, -0.1) is 0 Å². The molecule has 7 nitrogen and oxygen atoms in total. The Balaban J connectivity index is 1.42. The van der Waals surface area contributed by atoms with Crippen LogP contribution in [0.5, 0.6) is 23.0 Å². The van der Waals surface area contributed by atoms with Gasteiger partial charge in [-0.1, -0.05) is 6.07 Å². The van der Waals surface area contributed by atoms with Crippen molar-refractivity contribution >= 4 is 11.6 Å². The van der Waals surface area contributed by atoms with Crippen LogP contribution in [-0.4, -0.2) is 57.8 Å². The summed E-state index contributed by atoms with van der Waals surface area (Å²) in [6.45, 7) is 5.64. The molecule has 184 valence electrons. The first-order valence-electron chi connectivity index (χ1n) is 11.8. The number of rotatable bonds is 9. The van der Waals surface area contributed by atoms with E-state index in [0.29, 0.717) is 31.0 Å². The third kappa shape index (κ3) is 5.98. The maximum Gasteiger partial charge on any atom is 0.253 e. The maximum absolute atomic E-state index is 13.3. The lowest BCUT2D eigenvalue weighted by Gasteiger charge is -2.36. The predicted molar refractivity (Wildman–Crippen MR) is 136 cm³/mol. The minimum absolute atomic E-state index is 0.0186. The average Bonchev–Trinajstić information content (AvgIpc) is 2.92. The Morgan fingerprint density at radius 3 is 2.20 bits per heavy atom. The first kappa shape index (κ1) is 24.3. The average molecular weight is 477 g/mol. The Hall–Kier alpha value is -3.87. The van der Waals surface area contributed by atoms with Gasteiger partial charge in [0.1, 0.15) is 29.6 Å². The molecule has 1 fully saturated rings. The van der Waals surface area contributed by atoms with Crippen LogP contribution < -0.4 is 23.8 Å². The Morgan fingerprint density at radius 2 is 1.51 bits per heavy atom. The zero-order valence-electron chi connectivity index (χ0n) is 20.5. The van der Waals surface area contributed by atoms with Gasteiger partial charge in [0.15, 0.2) is 0 Å². The molecule has 0 aliphatic carbocycles. The molecule has 1 aliphatic heterocycles. The molecular formula is C28H32N2O5. The van der Waals surface area contributed by atoms with Gasteiger partial charge >= 0.3 is 0 Å². The first-order valence-corrected chi connectivity index (χ1v) is 11.8. The molecule has 1 aliphatic rings. The molecule has 0 N–H and O–H groups in total. The van der Waals surface area contributed by atoms with Gasteiger partial charge in [0, 0.05) is 49.1 Å². The van der Waals surface area contributed by atoms with Crippen LogP contribution in [0.3, 0.4) is 0 Å². The number of ether oxygens (including phenoxy) is 4. The van der Waals surface area contributed by atoms with Crippen molar-refractivity contribution in [2.24, 2.45) is 0 Å². The van der Waals surface area contributed by atoms with E-state index in [1.54, 1.807) is 14.2 Å². The molecule has 0 bridgehead atoms. The lowest BCUT2D eigenvalue weighted by atomic mass is 10.1. The molecule has 0 aromatic heterocycles. The summed E-state index contributed by atoms with van der Waals surface area (Å²) < 4.78 is 22.3. The van der Waals surface area contributed by atoms with Gasteiger partial charge < -0.3 is 28.7 Å². The number of hydrogen-bond acceptors (Lipinski definition) is 6. The molecule has 3 aromatic rings. The molecule has 0 unspecified atom stereocenters. The van der Waals surface area contributed by atoms with Crippen molar-refractivity contribution in [1.29, 1.82) is 0 Å².